The Balaban J connectivity index is 2.05. The minimum atomic E-state index is 0.130. The average Bonchev–Trinajstić information content (AvgIpc) is 2.73. The van der Waals surface area contributed by atoms with Crippen LogP contribution < -0.4 is 5.32 Å². The third kappa shape index (κ3) is 2.88. The molecule has 4 heteroatoms. The van der Waals surface area contributed by atoms with Gasteiger partial charge in [0.1, 0.15) is 0 Å². The van der Waals surface area contributed by atoms with Crippen LogP contribution in [0.5, 0.6) is 0 Å². The van der Waals surface area contributed by atoms with Crippen molar-refractivity contribution in [3.05, 3.63) is 29.7 Å². The fourth-order valence-electron chi connectivity index (χ4n) is 1.90. The van der Waals surface area contributed by atoms with E-state index in [1.807, 2.05) is 25.4 Å². The van der Waals surface area contributed by atoms with Gasteiger partial charge in [-0.05, 0) is 13.3 Å². The lowest BCUT2D eigenvalue weighted by Gasteiger charge is -2.11. The van der Waals surface area contributed by atoms with Crippen molar-refractivity contribution in [2.24, 2.45) is 0 Å². The van der Waals surface area contributed by atoms with Gasteiger partial charge in [0.05, 0.1) is 11.7 Å². The van der Waals surface area contributed by atoms with Crippen LogP contribution in [0.3, 0.4) is 0 Å². The van der Waals surface area contributed by atoms with Crippen molar-refractivity contribution in [3.63, 3.8) is 0 Å². The summed E-state index contributed by atoms with van der Waals surface area (Å²) in [4.78, 5) is 4.36. The van der Waals surface area contributed by atoms with Gasteiger partial charge in [0.2, 0.25) is 0 Å². The normalized spacial score (nSPS) is 12.5. The molecule has 0 aromatic carbocycles. The molecule has 2 heterocycles. The first kappa shape index (κ1) is 12.6. The minimum absolute atomic E-state index is 0.130. The number of fused-ring (bicyclic) bond motifs is 1. The molecule has 0 radical (unpaired) electrons. The lowest BCUT2D eigenvalue weighted by atomic mass is 10.2. The van der Waals surface area contributed by atoms with Crippen LogP contribution in [-0.4, -0.2) is 20.6 Å². The Morgan fingerprint density at radius 1 is 1.56 bits per heavy atom. The molecule has 0 spiro atoms. The van der Waals surface area contributed by atoms with E-state index in [-0.39, 0.29) is 6.04 Å². The zero-order valence-corrected chi connectivity index (χ0v) is 10.8. The number of aromatic nitrogens is 3. The van der Waals surface area contributed by atoms with E-state index in [4.69, 9.17) is 6.42 Å². The molecule has 1 atom stereocenters. The van der Waals surface area contributed by atoms with Crippen molar-refractivity contribution in [2.75, 3.05) is 0 Å². The Hall–Kier alpha value is -1.86. The van der Waals surface area contributed by atoms with E-state index in [0.717, 1.165) is 36.3 Å². The predicted octanol–water partition coefficient (Wildman–Crippen LogP) is 1.93. The number of hydrogen-bond acceptors (Lipinski definition) is 3. The van der Waals surface area contributed by atoms with Crippen LogP contribution in [0.25, 0.3) is 5.65 Å². The topological polar surface area (TPSA) is 42.2 Å². The lowest BCUT2D eigenvalue weighted by molar-refractivity contribution is 0.561. The molecule has 94 valence electrons. The van der Waals surface area contributed by atoms with Crippen LogP contribution in [0.1, 0.15) is 31.0 Å². The fraction of sp³-hybridized carbons (Fsp3) is 0.429. The Bertz CT molecular complexity index is 565. The molecule has 0 aliphatic rings. The highest BCUT2D eigenvalue weighted by Crippen LogP contribution is 2.05. The van der Waals surface area contributed by atoms with Gasteiger partial charge < -0.3 is 0 Å². The largest absolute Gasteiger partial charge is 0.299 e. The molecule has 0 saturated heterocycles. The van der Waals surface area contributed by atoms with E-state index < -0.39 is 0 Å². The Labute approximate surface area is 107 Å². The van der Waals surface area contributed by atoms with E-state index in [2.05, 4.69) is 28.2 Å². The number of nitrogens with zero attached hydrogens (tertiary/aromatic N) is 3. The predicted molar refractivity (Wildman–Crippen MR) is 72.1 cm³/mol. The number of aryl methyl sites for hydroxylation is 1. The molecular formula is C14H18N4. The SMILES string of the molecule is C#CC(CCC)NCc1cnc2cc(C)nn2c1. The molecule has 0 aliphatic heterocycles. The van der Waals surface area contributed by atoms with Crippen LogP contribution in [0.2, 0.25) is 0 Å². The summed E-state index contributed by atoms with van der Waals surface area (Å²) >= 11 is 0. The minimum Gasteiger partial charge on any atom is -0.299 e. The number of terminal acetylenes is 1. The highest BCUT2D eigenvalue weighted by molar-refractivity contribution is 5.38. The van der Waals surface area contributed by atoms with Crippen LogP contribution in [0, 0.1) is 19.3 Å². The van der Waals surface area contributed by atoms with Crippen molar-refractivity contribution < 1.29 is 0 Å². The second-order valence-corrected chi connectivity index (χ2v) is 4.44. The quantitative estimate of drug-likeness (QED) is 0.815. The summed E-state index contributed by atoms with van der Waals surface area (Å²) < 4.78 is 1.80. The summed E-state index contributed by atoms with van der Waals surface area (Å²) in [7, 11) is 0. The number of rotatable bonds is 5. The standard InChI is InChI=1S/C14H18N4/c1-4-6-13(5-2)15-8-12-9-16-14-7-11(3)17-18(14)10-12/h2,7,9-10,13,15H,4,6,8H2,1,3H3. The molecule has 4 nitrogen and oxygen atoms in total. The molecule has 0 fully saturated rings. The molecule has 2 rings (SSSR count). The number of nitrogens with one attached hydrogen (secondary N) is 1. The Morgan fingerprint density at radius 2 is 2.39 bits per heavy atom. The summed E-state index contributed by atoms with van der Waals surface area (Å²) in [6, 6.07) is 2.09. The molecule has 2 aromatic heterocycles. The van der Waals surface area contributed by atoms with E-state index in [1.54, 1.807) is 4.52 Å². The average molecular weight is 242 g/mol. The summed E-state index contributed by atoms with van der Waals surface area (Å²) in [5, 5.41) is 7.68. The lowest BCUT2D eigenvalue weighted by Crippen LogP contribution is -2.26. The van der Waals surface area contributed by atoms with E-state index in [9.17, 15) is 0 Å². The fourth-order valence-corrected chi connectivity index (χ4v) is 1.90. The van der Waals surface area contributed by atoms with Gasteiger partial charge in [0, 0.05) is 30.6 Å². The van der Waals surface area contributed by atoms with Crippen LogP contribution in [0.15, 0.2) is 18.5 Å². The van der Waals surface area contributed by atoms with Gasteiger partial charge in [-0.15, -0.1) is 6.42 Å². The second-order valence-electron chi connectivity index (χ2n) is 4.44. The maximum atomic E-state index is 5.47. The Kier molecular flexibility index (Phi) is 3.96. The zero-order chi connectivity index (χ0) is 13.0. The molecule has 1 N–H and O–H groups in total. The van der Waals surface area contributed by atoms with Crippen molar-refractivity contribution >= 4 is 5.65 Å². The molecule has 0 aliphatic carbocycles. The highest BCUT2D eigenvalue weighted by Gasteiger charge is 2.04. The van der Waals surface area contributed by atoms with Gasteiger partial charge in [0.25, 0.3) is 0 Å². The maximum absolute atomic E-state index is 5.47. The van der Waals surface area contributed by atoms with Crippen LogP contribution >= 0.6 is 0 Å². The zero-order valence-electron chi connectivity index (χ0n) is 10.8. The van der Waals surface area contributed by atoms with Crippen molar-refractivity contribution in [1.29, 1.82) is 0 Å². The van der Waals surface area contributed by atoms with Gasteiger partial charge in [0.15, 0.2) is 5.65 Å². The smallest absolute Gasteiger partial charge is 0.155 e. The third-order valence-corrected chi connectivity index (χ3v) is 2.82. The molecular weight excluding hydrogens is 224 g/mol. The van der Waals surface area contributed by atoms with Gasteiger partial charge >= 0.3 is 0 Å². The summed E-state index contributed by atoms with van der Waals surface area (Å²) in [6.07, 6.45) is 11.4. The molecule has 2 aromatic rings. The Morgan fingerprint density at radius 3 is 3.11 bits per heavy atom. The monoisotopic (exact) mass is 242 g/mol. The molecule has 0 saturated carbocycles. The van der Waals surface area contributed by atoms with Crippen LogP contribution in [-0.2, 0) is 6.54 Å². The second kappa shape index (κ2) is 5.65. The molecule has 0 bridgehead atoms. The van der Waals surface area contributed by atoms with Crippen molar-refractivity contribution in [1.82, 2.24) is 19.9 Å². The van der Waals surface area contributed by atoms with Gasteiger partial charge in [-0.2, -0.15) is 5.10 Å². The summed E-state index contributed by atoms with van der Waals surface area (Å²) in [6.45, 7) is 4.81. The van der Waals surface area contributed by atoms with Gasteiger partial charge in [-0.3, -0.25) is 5.32 Å². The van der Waals surface area contributed by atoms with Crippen LogP contribution in [0.4, 0.5) is 0 Å². The first-order valence-electron chi connectivity index (χ1n) is 6.23. The first-order valence-corrected chi connectivity index (χ1v) is 6.23. The summed E-state index contributed by atoms with van der Waals surface area (Å²) in [5.74, 6) is 2.76. The van der Waals surface area contributed by atoms with Gasteiger partial charge in [-0.1, -0.05) is 19.3 Å². The molecule has 18 heavy (non-hydrogen) atoms. The van der Waals surface area contributed by atoms with Gasteiger partial charge in [-0.25, -0.2) is 9.50 Å². The molecule has 0 amide bonds. The molecule has 1 unspecified atom stereocenters. The van der Waals surface area contributed by atoms with E-state index in [1.165, 1.54) is 0 Å². The first-order chi connectivity index (χ1) is 8.72. The number of hydrogen-bond donors (Lipinski definition) is 1. The summed E-state index contributed by atoms with van der Waals surface area (Å²) in [5.41, 5.74) is 2.93. The van der Waals surface area contributed by atoms with Crippen molar-refractivity contribution in [3.8, 4) is 12.3 Å². The van der Waals surface area contributed by atoms with E-state index in [0.29, 0.717) is 0 Å². The van der Waals surface area contributed by atoms with Crippen molar-refractivity contribution in [2.45, 2.75) is 39.3 Å². The van der Waals surface area contributed by atoms with E-state index >= 15 is 0 Å². The maximum Gasteiger partial charge on any atom is 0.155 e. The highest BCUT2D eigenvalue weighted by atomic mass is 15.2. The third-order valence-electron chi connectivity index (χ3n) is 2.82.